The molecule has 0 spiro atoms. The molecule has 11 rings (SSSR count). The summed E-state index contributed by atoms with van der Waals surface area (Å²) < 4.78 is 159. The predicted molar refractivity (Wildman–Crippen MR) is 466 cm³/mol. The molecule has 9 aromatic rings. The molecule has 2 N–H and O–H groups in total. The summed E-state index contributed by atoms with van der Waals surface area (Å²) in [5, 5.41) is 5.23. The Labute approximate surface area is 717 Å². The van der Waals surface area contributed by atoms with E-state index >= 15 is 0 Å². The summed E-state index contributed by atoms with van der Waals surface area (Å²) in [5.41, 5.74) is 5.39. The number of hydrogen-bond donors (Lipinski definition) is 2. The van der Waals surface area contributed by atoms with Crippen molar-refractivity contribution in [3.63, 3.8) is 0 Å². The molecule has 2 amide bonds. The molecule has 0 unspecified atom stereocenters. The van der Waals surface area contributed by atoms with Crippen LogP contribution in [0.2, 0.25) is 0 Å². The highest BCUT2D eigenvalue weighted by Crippen LogP contribution is 2.41. The molecule has 34 heteroatoms. The number of ketones is 2. The van der Waals surface area contributed by atoms with Crippen LogP contribution in [0.4, 0.5) is 22.8 Å². The summed E-state index contributed by atoms with van der Waals surface area (Å²) in [6.45, 7) is 23.2. The Balaban J connectivity index is 0.000000208. The highest BCUT2D eigenvalue weighted by atomic mass is 79.9. The summed E-state index contributed by atoms with van der Waals surface area (Å²) in [5.74, 6) is -2.15. The number of amides is 2. The second-order valence-corrected chi connectivity index (χ2v) is 39.7. The number of nitrogens with zero attached hydrogens (tertiary/aromatic N) is 4. The van der Waals surface area contributed by atoms with E-state index < -0.39 is 88.6 Å². The standard InChI is InChI=1S/C29H33FN2O7S.C24H23FN2O4S.C23H28BFO6S.C12H17BrN2O3/c1-7-40(36,37)17-20-12-22(23(14-25(20)38-6)27(34)18-8-10-21(30)11-9-18)24-16-32(5)26(33)13-19(24)15-31-28(35)39-29(2,3)4;1-4-32(29,30)14-17-9-19-20(11-22(17)31-3)24(15-5-7-18(25)8-6-15)26-12-16-10-23(28)27(2)13-21(16)19;1-7-32(27,28)14-16-12-19(24-30-22(2,3)23(4,5)31-24)18(13-20(16)29-6)21(26)15-8-10-17(25)11-9-15;1-12(2,3)18-11(17)14-6-8-5-10(16)15(4)7-9(8)13/h8-14,16H,7,15,17H2,1-6H3,(H,31,35);5-11,13H,4,12,14H2,1-3H3;8-13H,7,14H2,1-6H3;5,7H,6H2,1-4H3,(H,14,17). The van der Waals surface area contributed by atoms with Crippen LogP contribution in [0.3, 0.4) is 0 Å². The van der Waals surface area contributed by atoms with Crippen molar-refractivity contribution >= 4 is 87.5 Å². The van der Waals surface area contributed by atoms with Gasteiger partial charge in [0.15, 0.2) is 41.1 Å². The molecular weight excluding hydrogens is 1700 g/mol. The van der Waals surface area contributed by atoms with Gasteiger partial charge in [-0.2, -0.15) is 0 Å². The van der Waals surface area contributed by atoms with Crippen molar-refractivity contribution < 1.29 is 90.6 Å². The predicted octanol–water partition coefficient (Wildman–Crippen LogP) is 13.3. The van der Waals surface area contributed by atoms with E-state index in [1.54, 1.807) is 124 Å². The van der Waals surface area contributed by atoms with Gasteiger partial charge in [-0.1, -0.05) is 26.8 Å². The van der Waals surface area contributed by atoms with Crippen molar-refractivity contribution in [2.45, 2.75) is 149 Å². The van der Waals surface area contributed by atoms with E-state index in [0.717, 1.165) is 38.9 Å². The third-order valence-corrected chi connectivity index (χ3v) is 25.4. The molecule has 26 nitrogen and oxygen atoms in total. The summed E-state index contributed by atoms with van der Waals surface area (Å²) in [6, 6.07) is 30.3. The molecule has 1 fully saturated rings. The second-order valence-electron chi connectivity index (χ2n) is 31.8. The van der Waals surface area contributed by atoms with E-state index in [2.05, 4.69) is 26.6 Å². The molecular formula is C88H101BBrF3N6O20S3. The van der Waals surface area contributed by atoms with E-state index in [-0.39, 0.29) is 116 Å². The molecule has 0 atom stereocenters. The van der Waals surface area contributed by atoms with Crippen LogP contribution in [0.25, 0.3) is 22.3 Å². The van der Waals surface area contributed by atoms with Gasteiger partial charge in [-0.15, -0.1) is 0 Å². The number of rotatable bonds is 23. The number of halogens is 4. The van der Waals surface area contributed by atoms with E-state index in [9.17, 15) is 72.0 Å². The third kappa shape index (κ3) is 25.2. The van der Waals surface area contributed by atoms with Crippen LogP contribution in [0, 0.1) is 17.5 Å². The molecule has 0 aliphatic carbocycles. The van der Waals surface area contributed by atoms with Crippen molar-refractivity contribution in [1.82, 2.24) is 24.3 Å². The lowest BCUT2D eigenvalue weighted by molar-refractivity contribution is 0.00578. The van der Waals surface area contributed by atoms with Crippen molar-refractivity contribution in [1.29, 1.82) is 0 Å². The lowest BCUT2D eigenvalue weighted by Crippen LogP contribution is -2.41. The molecule has 3 aromatic heterocycles. The minimum absolute atomic E-state index is 0.0145. The zero-order valence-electron chi connectivity index (χ0n) is 71.5. The first-order chi connectivity index (χ1) is 56.8. The fourth-order valence-electron chi connectivity index (χ4n) is 12.5. The van der Waals surface area contributed by atoms with E-state index in [0.29, 0.717) is 61.4 Å². The number of alkyl carbamates (subject to hydrolysis) is 2. The number of methoxy groups -OCH3 is 3. The Morgan fingerprint density at radius 3 is 1.30 bits per heavy atom. The number of benzene rings is 6. The number of pyridine rings is 3. The summed E-state index contributed by atoms with van der Waals surface area (Å²) in [4.78, 5) is 92.0. The Bertz CT molecular complexity index is 6010. The van der Waals surface area contributed by atoms with E-state index in [1.807, 2.05) is 27.7 Å². The average molecular weight is 1810 g/mol. The number of ether oxygens (including phenoxy) is 5. The van der Waals surface area contributed by atoms with Crippen molar-refractivity contribution in [3.8, 4) is 39.5 Å². The number of aromatic nitrogens is 3. The fourth-order valence-corrected chi connectivity index (χ4v) is 15.7. The molecule has 2 aliphatic heterocycles. The van der Waals surface area contributed by atoms with Crippen LogP contribution < -0.4 is 47.0 Å². The van der Waals surface area contributed by atoms with Gasteiger partial charge in [0.05, 0.1) is 62.0 Å². The molecule has 5 heterocycles. The maximum Gasteiger partial charge on any atom is 0.495 e. The Morgan fingerprint density at radius 2 is 0.861 bits per heavy atom. The third-order valence-electron chi connectivity index (χ3n) is 19.8. The van der Waals surface area contributed by atoms with Gasteiger partial charge in [0.2, 0.25) is 0 Å². The molecule has 122 heavy (non-hydrogen) atoms. The highest BCUT2D eigenvalue weighted by molar-refractivity contribution is 9.10. The van der Waals surface area contributed by atoms with Gasteiger partial charge in [0, 0.05) is 154 Å². The highest BCUT2D eigenvalue weighted by Gasteiger charge is 2.53. The number of carbonyl (C=O) groups is 4. The normalized spacial score (nSPS) is 13.5. The monoisotopic (exact) mass is 1800 g/mol. The quantitative estimate of drug-likeness (QED) is 0.0444. The number of sulfone groups is 3. The summed E-state index contributed by atoms with van der Waals surface area (Å²) in [6.07, 6.45) is 3.70. The maximum absolute atomic E-state index is 13.7. The van der Waals surface area contributed by atoms with E-state index in [1.165, 1.54) is 128 Å². The summed E-state index contributed by atoms with van der Waals surface area (Å²) >= 11 is 3.34. The Hall–Kier alpha value is -10.8. The van der Waals surface area contributed by atoms with Crippen molar-refractivity contribution in [3.05, 3.63) is 266 Å². The lowest BCUT2D eigenvalue weighted by atomic mass is 9.73. The molecule has 0 saturated carbocycles. The number of carbonyl (C=O) groups excluding carboxylic acids is 4. The fraction of sp³-hybridized carbons (Fsp3) is 0.364. The second kappa shape index (κ2) is 39.6. The molecule has 1 saturated heterocycles. The van der Waals surface area contributed by atoms with Crippen LogP contribution in [0.15, 0.2) is 170 Å². The smallest absolute Gasteiger partial charge is 0.495 e. The largest absolute Gasteiger partial charge is 0.496 e. The first-order valence-corrected chi connectivity index (χ1v) is 44.8. The number of fused-ring (bicyclic) bond motifs is 3. The van der Waals surface area contributed by atoms with Crippen LogP contribution in [-0.4, -0.2) is 137 Å². The lowest BCUT2D eigenvalue weighted by Gasteiger charge is -2.32. The first-order valence-electron chi connectivity index (χ1n) is 38.5. The molecule has 0 radical (unpaired) electrons. The number of aryl methyl sites for hydroxylation is 3. The first kappa shape index (κ1) is 96.7. The van der Waals surface area contributed by atoms with Gasteiger partial charge in [0.25, 0.3) is 16.7 Å². The minimum atomic E-state index is -3.49. The number of hydrogen-bond acceptors (Lipinski definition) is 21. The molecule has 6 aromatic carbocycles. The van der Waals surface area contributed by atoms with Crippen LogP contribution in [0.1, 0.15) is 166 Å². The van der Waals surface area contributed by atoms with Crippen LogP contribution >= 0.6 is 15.9 Å². The minimum Gasteiger partial charge on any atom is -0.496 e. The van der Waals surface area contributed by atoms with E-state index in [4.69, 9.17) is 38.0 Å². The zero-order valence-corrected chi connectivity index (χ0v) is 75.5. The number of nitrogens with one attached hydrogen (secondary N) is 2. The van der Waals surface area contributed by atoms with Gasteiger partial charge in [-0.05, 0) is 222 Å². The van der Waals surface area contributed by atoms with Crippen LogP contribution in [0.5, 0.6) is 17.2 Å². The van der Waals surface area contributed by atoms with Crippen molar-refractivity contribution in [2.24, 2.45) is 26.1 Å². The number of aliphatic imine (C=N–C) groups is 1. The van der Waals surface area contributed by atoms with Gasteiger partial charge in [-0.25, -0.2) is 48.0 Å². The molecule has 652 valence electrons. The SMILES string of the molecule is CCS(=O)(=O)Cc1cc(-c2cn(C)c(=O)cc2CNC(=O)OC(C)(C)C)c(C(=O)c2ccc(F)cc2)cc1OC.CCS(=O)(=O)Cc1cc(B2OC(C)(C)C(C)(C)O2)c(C(=O)c2ccc(F)cc2)cc1OC.CCS(=O)(=O)Cc1cc2c(cc1OC)C(c1ccc(F)cc1)=NCc1cc(=O)n(C)cc1-2.Cn1cc(Br)c(CNC(=O)OC(C)(C)C)cc1=O. The summed E-state index contributed by atoms with van der Waals surface area (Å²) in [7, 11) is -1.93. The average Bonchev–Trinajstić information content (AvgIpc) is 1.38. The Morgan fingerprint density at radius 1 is 0.484 bits per heavy atom. The topological polar surface area (TPSA) is 338 Å². The maximum atomic E-state index is 13.7. The van der Waals surface area contributed by atoms with Gasteiger partial charge in [-0.3, -0.25) is 29.0 Å². The molecule has 2 aliphatic rings. The van der Waals surface area contributed by atoms with Gasteiger partial charge >= 0.3 is 19.3 Å². The van der Waals surface area contributed by atoms with Gasteiger partial charge in [0.1, 0.15) is 45.9 Å². The zero-order chi connectivity index (χ0) is 90.7. The van der Waals surface area contributed by atoms with Crippen molar-refractivity contribution in [2.75, 3.05) is 38.6 Å². The Kier molecular flexibility index (Phi) is 31.4. The molecule has 0 bridgehead atoms. The van der Waals surface area contributed by atoms with Gasteiger partial charge < -0.3 is 57.3 Å². The van der Waals surface area contributed by atoms with Crippen LogP contribution in [-0.2, 0) is 106 Å².